The van der Waals surface area contributed by atoms with Crippen molar-refractivity contribution < 1.29 is 31.1 Å². The SMILES string of the molecule is Cc1ccc(S(=O)(=O)N(CC(=O)NCCOc2ccc(S(=O)(=O)N3CCOCC3)cc2)c2cc(C)ccc2C)cc1. The van der Waals surface area contributed by atoms with Crippen molar-refractivity contribution in [2.45, 2.75) is 30.6 Å². The Balaban J connectivity index is 1.38. The third kappa shape index (κ3) is 7.45. The van der Waals surface area contributed by atoms with E-state index in [0.29, 0.717) is 37.7 Å². The smallest absolute Gasteiger partial charge is 0.264 e. The van der Waals surface area contributed by atoms with Gasteiger partial charge in [0.25, 0.3) is 10.0 Å². The van der Waals surface area contributed by atoms with Gasteiger partial charge in [-0.15, -0.1) is 0 Å². The summed E-state index contributed by atoms with van der Waals surface area (Å²) in [5.74, 6) is -0.0451. The van der Waals surface area contributed by atoms with Gasteiger partial charge in [-0.3, -0.25) is 9.10 Å². The molecule has 0 radical (unpaired) electrons. The average Bonchev–Trinajstić information content (AvgIpc) is 2.96. The summed E-state index contributed by atoms with van der Waals surface area (Å²) in [6.45, 7) is 6.72. The summed E-state index contributed by atoms with van der Waals surface area (Å²) in [4.78, 5) is 13.2. The number of sulfonamides is 2. The molecule has 0 unspecified atom stereocenters. The Labute approximate surface area is 242 Å². The minimum absolute atomic E-state index is 0.0965. The number of nitrogens with zero attached hydrogens (tertiary/aromatic N) is 2. The van der Waals surface area contributed by atoms with Crippen molar-refractivity contribution >= 4 is 31.6 Å². The molecule has 3 aromatic rings. The summed E-state index contributed by atoms with van der Waals surface area (Å²) in [6.07, 6.45) is 0. The molecule has 1 fully saturated rings. The van der Waals surface area contributed by atoms with Crippen molar-refractivity contribution in [3.63, 3.8) is 0 Å². The van der Waals surface area contributed by atoms with E-state index in [1.165, 1.54) is 28.6 Å². The molecule has 1 saturated heterocycles. The third-order valence-corrected chi connectivity index (χ3v) is 10.3. The van der Waals surface area contributed by atoms with Crippen molar-refractivity contribution in [2.75, 3.05) is 50.3 Å². The molecule has 1 aliphatic heterocycles. The van der Waals surface area contributed by atoms with Crippen LogP contribution in [-0.4, -0.2) is 73.0 Å². The molecule has 12 heteroatoms. The first-order chi connectivity index (χ1) is 19.5. The number of hydrogen-bond donors (Lipinski definition) is 1. The van der Waals surface area contributed by atoms with Crippen LogP contribution in [0, 0.1) is 20.8 Å². The second-order valence-corrected chi connectivity index (χ2v) is 13.6. The predicted molar refractivity (Wildman–Crippen MR) is 156 cm³/mol. The Hall–Kier alpha value is -3.45. The van der Waals surface area contributed by atoms with Crippen LogP contribution < -0.4 is 14.4 Å². The fourth-order valence-corrected chi connectivity index (χ4v) is 7.20. The summed E-state index contributed by atoms with van der Waals surface area (Å²) in [5, 5.41) is 2.71. The zero-order valence-corrected chi connectivity index (χ0v) is 25.0. The van der Waals surface area contributed by atoms with E-state index in [1.54, 1.807) is 37.3 Å². The zero-order valence-electron chi connectivity index (χ0n) is 23.4. The molecule has 1 N–H and O–H groups in total. The number of nitrogens with one attached hydrogen (secondary N) is 1. The molecular formula is C29H35N3O7S2. The Morgan fingerprint density at radius 3 is 2.15 bits per heavy atom. The van der Waals surface area contributed by atoms with Gasteiger partial charge in [0.2, 0.25) is 15.9 Å². The Kier molecular flexibility index (Phi) is 9.69. The molecule has 0 aliphatic carbocycles. The Morgan fingerprint density at radius 1 is 0.878 bits per heavy atom. The number of morpholine rings is 1. The number of amides is 1. The number of ether oxygens (including phenoxy) is 2. The van der Waals surface area contributed by atoms with Crippen LogP contribution in [0.15, 0.2) is 76.5 Å². The molecule has 4 rings (SSSR count). The Bertz CT molecular complexity index is 1570. The number of aryl methyl sites for hydroxylation is 3. The average molecular weight is 602 g/mol. The molecule has 41 heavy (non-hydrogen) atoms. The lowest BCUT2D eigenvalue weighted by atomic mass is 10.1. The summed E-state index contributed by atoms with van der Waals surface area (Å²) in [7, 11) is -7.62. The van der Waals surface area contributed by atoms with E-state index in [1.807, 2.05) is 26.0 Å². The van der Waals surface area contributed by atoms with Gasteiger partial charge < -0.3 is 14.8 Å². The number of benzene rings is 3. The maximum atomic E-state index is 13.6. The Morgan fingerprint density at radius 2 is 1.49 bits per heavy atom. The normalized spacial score (nSPS) is 14.4. The number of carbonyl (C=O) groups excluding carboxylic acids is 1. The van der Waals surface area contributed by atoms with Crippen molar-refractivity contribution in [3.8, 4) is 5.75 Å². The van der Waals surface area contributed by atoms with E-state index in [9.17, 15) is 21.6 Å². The molecule has 1 amide bonds. The second kappa shape index (κ2) is 13.0. The van der Waals surface area contributed by atoms with E-state index in [2.05, 4.69) is 5.32 Å². The van der Waals surface area contributed by atoms with Gasteiger partial charge in [0.15, 0.2) is 0 Å². The fourth-order valence-electron chi connectivity index (χ4n) is 4.31. The van der Waals surface area contributed by atoms with Crippen LogP contribution in [0.5, 0.6) is 5.75 Å². The standard InChI is InChI=1S/C29H35N3O7S2/c1-22-5-10-27(11-6-22)41(36,37)32(28-20-23(2)4-7-24(28)3)21-29(33)30-14-17-39-25-8-12-26(13-9-25)40(34,35)31-15-18-38-19-16-31/h4-13,20H,14-19,21H2,1-3H3,(H,30,33). The summed E-state index contributed by atoms with van der Waals surface area (Å²) in [6, 6.07) is 18.1. The van der Waals surface area contributed by atoms with Crippen molar-refractivity contribution in [3.05, 3.63) is 83.4 Å². The van der Waals surface area contributed by atoms with Gasteiger partial charge in [-0.05, 0) is 74.4 Å². The molecule has 0 atom stereocenters. The van der Waals surface area contributed by atoms with Crippen LogP contribution in [0.3, 0.4) is 0 Å². The first-order valence-corrected chi connectivity index (χ1v) is 16.1. The lowest BCUT2D eigenvalue weighted by Crippen LogP contribution is -2.42. The van der Waals surface area contributed by atoms with Crippen LogP contribution in [0.1, 0.15) is 16.7 Å². The monoisotopic (exact) mass is 601 g/mol. The lowest BCUT2D eigenvalue weighted by Gasteiger charge is -2.26. The van der Waals surface area contributed by atoms with Crippen LogP contribution in [0.4, 0.5) is 5.69 Å². The number of carbonyl (C=O) groups is 1. The molecule has 220 valence electrons. The molecule has 0 spiro atoms. The molecule has 0 saturated carbocycles. The maximum absolute atomic E-state index is 13.6. The molecule has 0 aromatic heterocycles. The number of anilines is 1. The maximum Gasteiger partial charge on any atom is 0.264 e. The second-order valence-electron chi connectivity index (χ2n) is 9.80. The highest BCUT2D eigenvalue weighted by molar-refractivity contribution is 7.92. The largest absolute Gasteiger partial charge is 0.492 e. The molecule has 0 bridgehead atoms. The van der Waals surface area contributed by atoms with Gasteiger partial charge >= 0.3 is 0 Å². The van der Waals surface area contributed by atoms with Crippen molar-refractivity contribution in [2.24, 2.45) is 0 Å². The molecule has 1 heterocycles. The first kappa shape index (κ1) is 30.5. The van der Waals surface area contributed by atoms with Gasteiger partial charge in [-0.2, -0.15) is 4.31 Å². The first-order valence-electron chi connectivity index (χ1n) is 13.2. The van der Waals surface area contributed by atoms with E-state index in [0.717, 1.165) is 21.0 Å². The van der Waals surface area contributed by atoms with Crippen molar-refractivity contribution in [1.82, 2.24) is 9.62 Å². The van der Waals surface area contributed by atoms with E-state index < -0.39 is 32.5 Å². The van der Waals surface area contributed by atoms with Gasteiger partial charge in [-0.1, -0.05) is 29.8 Å². The molecular weight excluding hydrogens is 566 g/mol. The van der Waals surface area contributed by atoms with Crippen LogP contribution in [-0.2, 0) is 29.6 Å². The molecule has 10 nitrogen and oxygen atoms in total. The highest BCUT2D eigenvalue weighted by atomic mass is 32.2. The third-order valence-electron chi connectivity index (χ3n) is 6.65. The van der Waals surface area contributed by atoms with Crippen LogP contribution >= 0.6 is 0 Å². The zero-order chi connectivity index (χ0) is 29.6. The van der Waals surface area contributed by atoms with Gasteiger partial charge in [0.1, 0.15) is 18.9 Å². The van der Waals surface area contributed by atoms with Crippen LogP contribution in [0.2, 0.25) is 0 Å². The minimum atomic E-state index is -4.02. The topological polar surface area (TPSA) is 122 Å². The predicted octanol–water partition coefficient (Wildman–Crippen LogP) is 3.02. The highest BCUT2D eigenvalue weighted by Gasteiger charge is 2.29. The fraction of sp³-hybridized carbons (Fsp3) is 0.345. The minimum Gasteiger partial charge on any atom is -0.492 e. The van der Waals surface area contributed by atoms with Crippen molar-refractivity contribution in [1.29, 1.82) is 0 Å². The lowest BCUT2D eigenvalue weighted by molar-refractivity contribution is -0.119. The van der Waals surface area contributed by atoms with Gasteiger partial charge in [-0.25, -0.2) is 16.8 Å². The number of rotatable bonds is 11. The quantitative estimate of drug-likeness (QED) is 0.335. The summed E-state index contributed by atoms with van der Waals surface area (Å²) < 4.78 is 66.2. The molecule has 1 aliphatic rings. The summed E-state index contributed by atoms with van der Waals surface area (Å²) in [5.41, 5.74) is 2.95. The van der Waals surface area contributed by atoms with Gasteiger partial charge in [0, 0.05) is 13.1 Å². The van der Waals surface area contributed by atoms with Gasteiger partial charge in [0.05, 0.1) is 35.2 Å². The van der Waals surface area contributed by atoms with E-state index in [4.69, 9.17) is 9.47 Å². The van der Waals surface area contributed by atoms with E-state index >= 15 is 0 Å². The summed E-state index contributed by atoms with van der Waals surface area (Å²) >= 11 is 0. The van der Waals surface area contributed by atoms with Crippen LogP contribution in [0.25, 0.3) is 0 Å². The molecule has 3 aromatic carbocycles. The highest BCUT2D eigenvalue weighted by Crippen LogP contribution is 2.28. The van der Waals surface area contributed by atoms with E-state index in [-0.39, 0.29) is 22.9 Å². The number of hydrogen-bond acceptors (Lipinski definition) is 7.